The lowest BCUT2D eigenvalue weighted by Gasteiger charge is -2.30. The van der Waals surface area contributed by atoms with Crippen molar-refractivity contribution in [1.82, 2.24) is 5.32 Å². The molecule has 30 heavy (non-hydrogen) atoms. The number of hydrogen-bond donors (Lipinski definition) is 3. The van der Waals surface area contributed by atoms with Crippen LogP contribution >= 0.6 is 0 Å². The molecule has 0 aliphatic carbocycles. The second-order valence-corrected chi connectivity index (χ2v) is 8.77. The highest BCUT2D eigenvalue weighted by molar-refractivity contribution is 6.11. The first-order valence-electron chi connectivity index (χ1n) is 10.4. The molecule has 1 spiro atoms. The van der Waals surface area contributed by atoms with Crippen LogP contribution in [0.3, 0.4) is 0 Å². The van der Waals surface area contributed by atoms with Crippen molar-refractivity contribution in [1.29, 1.82) is 0 Å². The van der Waals surface area contributed by atoms with Gasteiger partial charge in [-0.2, -0.15) is 0 Å². The normalized spacial score (nSPS) is 24.8. The predicted octanol–water partition coefficient (Wildman–Crippen LogP) is 3.73. The highest BCUT2D eigenvalue weighted by atomic mass is 16.5. The Hall–Kier alpha value is -2.86. The molecule has 0 radical (unpaired) electrons. The van der Waals surface area contributed by atoms with E-state index < -0.39 is 11.5 Å². The van der Waals surface area contributed by atoms with Crippen LogP contribution in [0.15, 0.2) is 36.4 Å². The van der Waals surface area contributed by atoms with Crippen LogP contribution in [-0.4, -0.2) is 25.0 Å². The van der Waals surface area contributed by atoms with E-state index in [0.717, 1.165) is 28.1 Å². The molecule has 3 atom stereocenters. The molecule has 158 valence electrons. The van der Waals surface area contributed by atoms with Crippen molar-refractivity contribution >= 4 is 23.2 Å². The monoisotopic (exact) mass is 407 g/mol. The van der Waals surface area contributed by atoms with Crippen molar-refractivity contribution in [2.24, 2.45) is 11.8 Å². The van der Waals surface area contributed by atoms with Crippen molar-refractivity contribution < 1.29 is 14.3 Å². The molecule has 2 aliphatic rings. The number of carbonyl (C=O) groups excluding carboxylic acids is 2. The summed E-state index contributed by atoms with van der Waals surface area (Å²) in [7, 11) is 1.60. The molecule has 2 amide bonds. The fourth-order valence-electron chi connectivity index (χ4n) is 4.80. The molecule has 0 aromatic heterocycles. The van der Waals surface area contributed by atoms with E-state index in [0.29, 0.717) is 18.0 Å². The van der Waals surface area contributed by atoms with Gasteiger partial charge in [-0.25, -0.2) is 0 Å². The van der Waals surface area contributed by atoms with Gasteiger partial charge < -0.3 is 15.4 Å². The van der Waals surface area contributed by atoms with Crippen molar-refractivity contribution in [2.45, 2.75) is 45.7 Å². The van der Waals surface area contributed by atoms with Gasteiger partial charge in [-0.15, -0.1) is 0 Å². The van der Waals surface area contributed by atoms with Crippen LogP contribution in [0.2, 0.25) is 0 Å². The van der Waals surface area contributed by atoms with Gasteiger partial charge in [0.05, 0.1) is 13.0 Å². The second-order valence-electron chi connectivity index (χ2n) is 8.77. The number of methoxy groups -OCH3 is 1. The zero-order valence-corrected chi connectivity index (χ0v) is 18.1. The van der Waals surface area contributed by atoms with E-state index in [1.165, 1.54) is 0 Å². The molecule has 2 aliphatic heterocycles. The lowest BCUT2D eigenvalue weighted by atomic mass is 9.78. The molecule has 0 unspecified atom stereocenters. The summed E-state index contributed by atoms with van der Waals surface area (Å²) in [6.07, 6.45) is 0.597. The van der Waals surface area contributed by atoms with Crippen LogP contribution < -0.4 is 20.7 Å². The van der Waals surface area contributed by atoms with Crippen LogP contribution in [-0.2, 0) is 15.1 Å². The number of benzene rings is 2. The molecule has 2 heterocycles. The molecule has 6 nitrogen and oxygen atoms in total. The third kappa shape index (κ3) is 3.16. The average molecular weight is 408 g/mol. The molecule has 0 bridgehead atoms. The smallest absolute Gasteiger partial charge is 0.250 e. The maximum absolute atomic E-state index is 13.5. The van der Waals surface area contributed by atoms with E-state index in [4.69, 9.17) is 4.74 Å². The van der Waals surface area contributed by atoms with E-state index in [-0.39, 0.29) is 17.9 Å². The quantitative estimate of drug-likeness (QED) is 0.722. The van der Waals surface area contributed by atoms with Crippen LogP contribution in [0.25, 0.3) is 0 Å². The summed E-state index contributed by atoms with van der Waals surface area (Å²) in [6.45, 7) is 8.24. The largest absolute Gasteiger partial charge is 0.497 e. The molecule has 1 saturated heterocycles. The Bertz CT molecular complexity index is 1000. The van der Waals surface area contributed by atoms with Crippen molar-refractivity contribution in [3.05, 3.63) is 53.1 Å². The summed E-state index contributed by atoms with van der Waals surface area (Å²) >= 11 is 0. The van der Waals surface area contributed by atoms with Gasteiger partial charge in [0, 0.05) is 23.0 Å². The van der Waals surface area contributed by atoms with E-state index in [9.17, 15) is 9.59 Å². The first-order valence-corrected chi connectivity index (χ1v) is 10.4. The molecule has 6 heteroatoms. The molecule has 3 N–H and O–H groups in total. The Balaban J connectivity index is 1.74. The molecule has 4 rings (SSSR count). The molecule has 2 aromatic carbocycles. The summed E-state index contributed by atoms with van der Waals surface area (Å²) in [4.78, 5) is 26.8. The summed E-state index contributed by atoms with van der Waals surface area (Å²) in [5.41, 5.74) is 3.42. The SMILES string of the molecule is COc1ccc(NC(=O)[C@H]2C[C@H](C(C)C)N[C@@]23C(=O)Nc2c(C)cc(C)cc23)cc1. The molecular weight excluding hydrogens is 378 g/mol. The van der Waals surface area contributed by atoms with Crippen LogP contribution in [0, 0.1) is 25.7 Å². The minimum atomic E-state index is -1.06. The standard InChI is InChI=1S/C24H29N3O3/c1-13(2)20-12-19(22(28)25-16-6-8-17(30-5)9-7-16)24(27-20)18-11-14(3)10-15(4)21(18)26-23(24)29/h6-11,13,19-20,27H,12H2,1-5H3,(H,25,28)(H,26,29)/t19-,20-,24-/m1/s1. The van der Waals surface area contributed by atoms with E-state index >= 15 is 0 Å². The number of amides is 2. The van der Waals surface area contributed by atoms with Gasteiger partial charge in [-0.05, 0) is 56.0 Å². The molecular formula is C24H29N3O3. The van der Waals surface area contributed by atoms with Gasteiger partial charge in [0.1, 0.15) is 11.3 Å². The zero-order valence-electron chi connectivity index (χ0n) is 18.1. The summed E-state index contributed by atoms with van der Waals surface area (Å²) in [5.74, 6) is 0.196. The van der Waals surface area contributed by atoms with E-state index in [1.54, 1.807) is 19.2 Å². The number of hydrogen-bond acceptors (Lipinski definition) is 4. The second kappa shape index (κ2) is 7.43. The maximum Gasteiger partial charge on any atom is 0.250 e. The van der Waals surface area contributed by atoms with Crippen molar-refractivity contribution in [2.75, 3.05) is 17.7 Å². The lowest BCUT2D eigenvalue weighted by molar-refractivity contribution is -0.130. The van der Waals surface area contributed by atoms with Gasteiger partial charge in [-0.3, -0.25) is 14.9 Å². The predicted molar refractivity (Wildman–Crippen MR) is 118 cm³/mol. The molecule has 0 saturated carbocycles. The summed E-state index contributed by atoms with van der Waals surface area (Å²) < 4.78 is 5.19. The Morgan fingerprint density at radius 2 is 1.90 bits per heavy atom. The van der Waals surface area contributed by atoms with E-state index in [2.05, 4.69) is 35.9 Å². The van der Waals surface area contributed by atoms with Gasteiger partial charge in [-0.1, -0.05) is 31.5 Å². The average Bonchev–Trinajstić information content (AvgIpc) is 3.24. The summed E-state index contributed by atoms with van der Waals surface area (Å²) in [6, 6.07) is 11.4. The Morgan fingerprint density at radius 1 is 1.20 bits per heavy atom. The fraction of sp³-hybridized carbons (Fsp3) is 0.417. The highest BCUT2D eigenvalue weighted by Gasteiger charge is 2.60. The summed E-state index contributed by atoms with van der Waals surface area (Å²) in [5, 5.41) is 9.63. The van der Waals surface area contributed by atoms with Crippen molar-refractivity contribution in [3.63, 3.8) is 0 Å². The zero-order chi connectivity index (χ0) is 21.6. The van der Waals surface area contributed by atoms with Crippen LogP contribution in [0.1, 0.15) is 37.0 Å². The van der Waals surface area contributed by atoms with Crippen molar-refractivity contribution in [3.8, 4) is 5.75 Å². The van der Waals surface area contributed by atoms with Gasteiger partial charge in [0.15, 0.2) is 0 Å². The number of rotatable bonds is 4. The van der Waals surface area contributed by atoms with Gasteiger partial charge in [0.25, 0.3) is 0 Å². The lowest BCUT2D eigenvalue weighted by Crippen LogP contribution is -2.52. The fourth-order valence-corrected chi connectivity index (χ4v) is 4.80. The molecule has 1 fully saturated rings. The first-order chi connectivity index (χ1) is 14.3. The minimum Gasteiger partial charge on any atom is -0.497 e. The number of aryl methyl sites for hydroxylation is 2. The topological polar surface area (TPSA) is 79.5 Å². The van der Waals surface area contributed by atoms with Gasteiger partial charge >= 0.3 is 0 Å². The molecule has 2 aromatic rings. The van der Waals surface area contributed by atoms with E-state index in [1.807, 2.05) is 32.0 Å². The number of carbonyl (C=O) groups is 2. The first kappa shape index (κ1) is 20.4. The number of ether oxygens (including phenoxy) is 1. The van der Waals surface area contributed by atoms with Gasteiger partial charge in [0.2, 0.25) is 11.8 Å². The number of fused-ring (bicyclic) bond motifs is 2. The number of anilines is 2. The minimum absolute atomic E-state index is 0.0640. The highest BCUT2D eigenvalue weighted by Crippen LogP contribution is 2.49. The number of nitrogens with one attached hydrogen (secondary N) is 3. The third-order valence-electron chi connectivity index (χ3n) is 6.41. The van der Waals surface area contributed by atoms with Crippen LogP contribution in [0.4, 0.5) is 11.4 Å². The van der Waals surface area contributed by atoms with Crippen LogP contribution in [0.5, 0.6) is 5.75 Å². The Morgan fingerprint density at radius 3 is 2.53 bits per heavy atom. The Labute approximate surface area is 177 Å². The Kier molecular flexibility index (Phi) is 5.06. The maximum atomic E-state index is 13.5. The third-order valence-corrected chi connectivity index (χ3v) is 6.41.